The summed E-state index contributed by atoms with van der Waals surface area (Å²) in [4.78, 5) is 28.1. The molecule has 0 unspecified atom stereocenters. The second kappa shape index (κ2) is 6.34. The van der Waals surface area contributed by atoms with E-state index in [1.54, 1.807) is 0 Å². The Hall–Kier alpha value is -1.10. The van der Waals surface area contributed by atoms with Crippen molar-refractivity contribution in [2.45, 2.75) is 33.6 Å². The monoisotopic (exact) mass is 296 g/mol. The first-order valence-corrected chi connectivity index (χ1v) is 7.91. The van der Waals surface area contributed by atoms with Crippen LogP contribution in [0.5, 0.6) is 0 Å². The van der Waals surface area contributed by atoms with Gasteiger partial charge in [-0.15, -0.1) is 0 Å². The van der Waals surface area contributed by atoms with Crippen LogP contribution in [0.1, 0.15) is 33.6 Å². The van der Waals surface area contributed by atoms with Crippen molar-refractivity contribution in [1.29, 1.82) is 0 Å². The van der Waals surface area contributed by atoms with E-state index in [9.17, 15) is 9.59 Å². The average molecular weight is 296 g/mol. The Balaban J connectivity index is 1.72. The molecule has 2 fully saturated rings. The molecule has 0 spiro atoms. The van der Waals surface area contributed by atoms with Crippen LogP contribution in [-0.4, -0.2) is 61.5 Å². The number of hydrogen-bond acceptors (Lipinski definition) is 4. The van der Waals surface area contributed by atoms with Crippen molar-refractivity contribution >= 4 is 11.9 Å². The third-order valence-corrected chi connectivity index (χ3v) is 4.47. The van der Waals surface area contributed by atoms with Crippen LogP contribution < -0.4 is 0 Å². The van der Waals surface area contributed by atoms with Gasteiger partial charge in [-0.25, -0.2) is 0 Å². The maximum Gasteiger partial charge on any atom is 0.309 e. The van der Waals surface area contributed by atoms with Gasteiger partial charge in [0.2, 0.25) is 5.91 Å². The lowest BCUT2D eigenvalue weighted by atomic mass is 9.92. The fourth-order valence-corrected chi connectivity index (χ4v) is 2.80. The molecule has 1 saturated heterocycles. The van der Waals surface area contributed by atoms with Crippen molar-refractivity contribution in [3.8, 4) is 0 Å². The van der Waals surface area contributed by atoms with E-state index < -0.39 is 0 Å². The van der Waals surface area contributed by atoms with E-state index in [1.807, 2.05) is 4.90 Å². The number of rotatable bonds is 4. The average Bonchev–Trinajstić information content (AvgIpc) is 3.23. The molecule has 0 N–H and O–H groups in total. The predicted octanol–water partition coefficient (Wildman–Crippen LogP) is 1.38. The second-order valence-corrected chi connectivity index (χ2v) is 7.45. The first-order valence-electron chi connectivity index (χ1n) is 7.91. The number of carbonyl (C=O) groups excluding carboxylic acids is 2. The van der Waals surface area contributed by atoms with Crippen LogP contribution in [0.2, 0.25) is 0 Å². The lowest BCUT2D eigenvalue weighted by molar-refractivity contribution is -0.145. The van der Waals surface area contributed by atoms with E-state index in [0.29, 0.717) is 11.8 Å². The highest BCUT2D eigenvalue weighted by Crippen LogP contribution is 2.41. The molecule has 0 aromatic carbocycles. The number of esters is 1. The van der Waals surface area contributed by atoms with Crippen molar-refractivity contribution in [3.05, 3.63) is 0 Å². The van der Waals surface area contributed by atoms with Gasteiger partial charge in [0, 0.05) is 26.2 Å². The van der Waals surface area contributed by atoms with Crippen molar-refractivity contribution in [3.63, 3.8) is 0 Å². The molecule has 2 aliphatic rings. The molecule has 120 valence electrons. The Morgan fingerprint density at radius 1 is 1.10 bits per heavy atom. The van der Waals surface area contributed by atoms with Crippen LogP contribution in [0.3, 0.4) is 0 Å². The number of hydrogen-bond donors (Lipinski definition) is 0. The van der Waals surface area contributed by atoms with Crippen LogP contribution in [0.15, 0.2) is 0 Å². The van der Waals surface area contributed by atoms with Crippen molar-refractivity contribution in [1.82, 2.24) is 9.80 Å². The molecule has 0 aromatic rings. The van der Waals surface area contributed by atoms with Gasteiger partial charge in [-0.3, -0.25) is 14.5 Å². The zero-order valence-corrected chi connectivity index (χ0v) is 13.7. The van der Waals surface area contributed by atoms with Gasteiger partial charge in [-0.2, -0.15) is 0 Å². The minimum absolute atomic E-state index is 0.126. The van der Waals surface area contributed by atoms with Crippen LogP contribution >= 0.6 is 0 Å². The van der Waals surface area contributed by atoms with E-state index in [4.69, 9.17) is 4.74 Å². The van der Waals surface area contributed by atoms with Crippen LogP contribution in [0.25, 0.3) is 0 Å². The van der Waals surface area contributed by atoms with Crippen molar-refractivity contribution < 1.29 is 14.3 Å². The fourth-order valence-electron chi connectivity index (χ4n) is 2.80. The highest BCUT2D eigenvalue weighted by Gasteiger charge is 2.50. The lowest BCUT2D eigenvalue weighted by Crippen LogP contribution is -2.49. The van der Waals surface area contributed by atoms with E-state index in [-0.39, 0.29) is 23.7 Å². The number of piperazine rings is 1. The molecule has 2 atom stereocenters. The van der Waals surface area contributed by atoms with Crippen molar-refractivity contribution in [2.24, 2.45) is 17.3 Å². The minimum atomic E-state index is -0.239. The first-order chi connectivity index (χ1) is 9.81. The molecule has 1 heterocycles. The van der Waals surface area contributed by atoms with E-state index >= 15 is 0 Å². The molecule has 5 nitrogen and oxygen atoms in total. The van der Waals surface area contributed by atoms with Gasteiger partial charge in [-0.1, -0.05) is 20.8 Å². The smallest absolute Gasteiger partial charge is 0.309 e. The predicted molar refractivity (Wildman–Crippen MR) is 80.7 cm³/mol. The first kappa shape index (κ1) is 16.3. The summed E-state index contributed by atoms with van der Waals surface area (Å²) >= 11 is 0. The summed E-state index contributed by atoms with van der Waals surface area (Å²) in [6, 6.07) is 0. The Labute approximate surface area is 127 Å². The Morgan fingerprint density at radius 2 is 1.71 bits per heavy atom. The molecular formula is C16H28N2O3. The van der Waals surface area contributed by atoms with Gasteiger partial charge >= 0.3 is 5.97 Å². The zero-order chi connectivity index (χ0) is 15.6. The largest absolute Gasteiger partial charge is 0.469 e. The summed E-state index contributed by atoms with van der Waals surface area (Å²) in [6.45, 7) is 11.3. The highest BCUT2D eigenvalue weighted by molar-refractivity contribution is 5.90. The molecule has 5 heteroatoms. The Morgan fingerprint density at radius 3 is 2.24 bits per heavy atom. The summed E-state index contributed by atoms with van der Waals surface area (Å²) in [5, 5.41) is 0. The third-order valence-electron chi connectivity index (χ3n) is 4.47. The molecule has 0 radical (unpaired) electrons. The quantitative estimate of drug-likeness (QED) is 0.735. The Bertz CT molecular complexity index is 395. The molecule has 1 amide bonds. The van der Waals surface area contributed by atoms with Gasteiger partial charge in [0.05, 0.1) is 18.9 Å². The molecule has 1 saturated carbocycles. The summed E-state index contributed by atoms with van der Waals surface area (Å²) in [6.07, 6.45) is 1.84. The maximum atomic E-state index is 12.3. The van der Waals surface area contributed by atoms with E-state index in [1.165, 1.54) is 13.5 Å². The molecular weight excluding hydrogens is 268 g/mol. The molecule has 0 bridgehead atoms. The normalized spacial score (nSPS) is 26.6. The highest BCUT2D eigenvalue weighted by atomic mass is 16.5. The maximum absolute atomic E-state index is 12.3. The number of nitrogens with zero attached hydrogens (tertiary/aromatic N) is 2. The van der Waals surface area contributed by atoms with Crippen molar-refractivity contribution in [2.75, 3.05) is 39.8 Å². The summed E-state index contributed by atoms with van der Waals surface area (Å²) in [5.74, 6) is -0.418. The van der Waals surface area contributed by atoms with Gasteiger partial charge < -0.3 is 9.64 Å². The van der Waals surface area contributed by atoms with Gasteiger partial charge in [-0.05, 0) is 24.8 Å². The third kappa shape index (κ3) is 4.43. The van der Waals surface area contributed by atoms with Gasteiger partial charge in [0.25, 0.3) is 0 Å². The molecule has 0 aromatic heterocycles. The fraction of sp³-hybridized carbons (Fsp3) is 0.875. The standard InChI is InChI=1S/C16H28N2O3/c1-16(2,3)5-6-17-7-9-18(10-8-17)14(19)12-11-13(12)15(20)21-4/h12-13H,5-11H2,1-4H3/t12-,13-/m0/s1. The topological polar surface area (TPSA) is 49.9 Å². The lowest BCUT2D eigenvalue weighted by Gasteiger charge is -2.36. The van der Waals surface area contributed by atoms with Gasteiger partial charge in [0.15, 0.2) is 0 Å². The summed E-state index contributed by atoms with van der Waals surface area (Å²) in [5.41, 5.74) is 0.356. The number of carbonyl (C=O) groups is 2. The van der Waals surface area contributed by atoms with E-state index in [2.05, 4.69) is 25.7 Å². The second-order valence-electron chi connectivity index (χ2n) is 7.45. The summed E-state index contributed by atoms with van der Waals surface area (Å²) < 4.78 is 4.70. The molecule has 1 aliphatic carbocycles. The molecule has 2 rings (SSSR count). The summed E-state index contributed by atoms with van der Waals surface area (Å²) in [7, 11) is 1.39. The number of amides is 1. The molecule has 21 heavy (non-hydrogen) atoms. The zero-order valence-electron chi connectivity index (χ0n) is 13.7. The molecule has 1 aliphatic heterocycles. The van der Waals surface area contributed by atoms with Crippen LogP contribution in [-0.2, 0) is 14.3 Å². The Kier molecular flexibility index (Phi) is 4.91. The number of methoxy groups -OCH3 is 1. The number of ether oxygens (including phenoxy) is 1. The van der Waals surface area contributed by atoms with Crippen LogP contribution in [0, 0.1) is 17.3 Å². The SMILES string of the molecule is COC(=O)[C@H]1C[C@@H]1C(=O)N1CCN(CCC(C)(C)C)CC1. The van der Waals surface area contributed by atoms with E-state index in [0.717, 1.165) is 32.7 Å². The van der Waals surface area contributed by atoms with Gasteiger partial charge in [0.1, 0.15) is 0 Å². The minimum Gasteiger partial charge on any atom is -0.469 e. The van der Waals surface area contributed by atoms with Crippen LogP contribution in [0.4, 0.5) is 0 Å².